The fourth-order valence-corrected chi connectivity index (χ4v) is 2.06. The van der Waals surface area contributed by atoms with E-state index in [4.69, 9.17) is 10.00 Å². The number of pyridine rings is 1. The third kappa shape index (κ3) is 3.42. The van der Waals surface area contributed by atoms with Crippen molar-refractivity contribution in [1.82, 2.24) is 9.88 Å². The molecule has 5 nitrogen and oxygen atoms in total. The summed E-state index contributed by atoms with van der Waals surface area (Å²) in [5, 5.41) is 12.3. The molecule has 0 saturated carbocycles. The molecule has 0 amide bonds. The van der Waals surface area contributed by atoms with Gasteiger partial charge in [-0.15, -0.1) is 0 Å². The van der Waals surface area contributed by atoms with Gasteiger partial charge in [0.25, 0.3) is 0 Å². The van der Waals surface area contributed by atoms with Crippen molar-refractivity contribution < 1.29 is 4.74 Å². The van der Waals surface area contributed by atoms with E-state index in [9.17, 15) is 0 Å². The van der Waals surface area contributed by atoms with E-state index >= 15 is 0 Å². The average Bonchev–Trinajstić information content (AvgIpc) is 2.40. The molecule has 1 unspecified atom stereocenters. The maximum absolute atomic E-state index is 9.00. The molecule has 0 bridgehead atoms. The number of nitrogens with one attached hydrogen (secondary N) is 1. The maximum Gasteiger partial charge on any atom is 0.144 e. The number of anilines is 1. The third-order valence-corrected chi connectivity index (χ3v) is 2.95. The number of aromatic nitrogens is 1. The van der Waals surface area contributed by atoms with Crippen molar-refractivity contribution in [2.24, 2.45) is 0 Å². The van der Waals surface area contributed by atoms with Crippen LogP contribution < -0.4 is 5.32 Å². The van der Waals surface area contributed by atoms with Crippen LogP contribution in [0.3, 0.4) is 0 Å². The summed E-state index contributed by atoms with van der Waals surface area (Å²) in [6.07, 6.45) is 1.70. The van der Waals surface area contributed by atoms with Gasteiger partial charge in [0.1, 0.15) is 11.9 Å². The molecule has 18 heavy (non-hydrogen) atoms. The first-order valence-electron chi connectivity index (χ1n) is 6.21. The maximum atomic E-state index is 9.00. The highest BCUT2D eigenvalue weighted by Crippen LogP contribution is 2.11. The minimum absolute atomic E-state index is 0.255. The fourth-order valence-electron chi connectivity index (χ4n) is 2.06. The van der Waals surface area contributed by atoms with Gasteiger partial charge in [0.15, 0.2) is 0 Å². The largest absolute Gasteiger partial charge is 0.379 e. The molecule has 2 heterocycles. The second kappa shape index (κ2) is 6.34. The van der Waals surface area contributed by atoms with Gasteiger partial charge in [-0.25, -0.2) is 4.98 Å². The summed E-state index contributed by atoms with van der Waals surface area (Å²) < 4.78 is 5.32. The molecule has 1 aromatic rings. The first kappa shape index (κ1) is 12.8. The zero-order valence-corrected chi connectivity index (χ0v) is 10.6. The van der Waals surface area contributed by atoms with E-state index in [0.717, 1.165) is 32.8 Å². The van der Waals surface area contributed by atoms with E-state index < -0.39 is 0 Å². The minimum atomic E-state index is 0.255. The van der Waals surface area contributed by atoms with Crippen LogP contribution in [0.2, 0.25) is 0 Å². The standard InChI is InChI=1S/C13H18N4O/c1-11(10-17-5-7-18-8-6-17)16-13-12(9-14)3-2-4-15-13/h2-4,11H,5-8,10H2,1H3,(H,15,16). The number of hydrogen-bond acceptors (Lipinski definition) is 5. The number of rotatable bonds is 4. The molecule has 0 radical (unpaired) electrons. The van der Waals surface area contributed by atoms with Crippen LogP contribution >= 0.6 is 0 Å². The predicted molar refractivity (Wildman–Crippen MR) is 69.3 cm³/mol. The number of ether oxygens (including phenoxy) is 1. The first-order valence-corrected chi connectivity index (χ1v) is 6.21. The Morgan fingerprint density at radius 1 is 1.56 bits per heavy atom. The molecule has 1 saturated heterocycles. The van der Waals surface area contributed by atoms with E-state index in [1.54, 1.807) is 18.3 Å². The van der Waals surface area contributed by atoms with Crippen LogP contribution in [0.5, 0.6) is 0 Å². The van der Waals surface area contributed by atoms with Gasteiger partial charge < -0.3 is 10.1 Å². The van der Waals surface area contributed by atoms with Gasteiger partial charge in [-0.2, -0.15) is 5.26 Å². The lowest BCUT2D eigenvalue weighted by Gasteiger charge is -2.29. The second-order valence-electron chi connectivity index (χ2n) is 4.47. The highest BCUT2D eigenvalue weighted by atomic mass is 16.5. The van der Waals surface area contributed by atoms with Crippen molar-refractivity contribution in [3.8, 4) is 6.07 Å². The molecule has 1 atom stereocenters. The lowest BCUT2D eigenvalue weighted by atomic mass is 10.2. The lowest BCUT2D eigenvalue weighted by molar-refractivity contribution is 0.0368. The van der Waals surface area contributed by atoms with E-state index in [1.165, 1.54) is 0 Å². The highest BCUT2D eigenvalue weighted by Gasteiger charge is 2.14. The quantitative estimate of drug-likeness (QED) is 0.861. The van der Waals surface area contributed by atoms with Crippen LogP contribution in [-0.4, -0.2) is 48.8 Å². The summed E-state index contributed by atoms with van der Waals surface area (Å²) in [5.74, 6) is 0.667. The van der Waals surface area contributed by atoms with Crippen LogP contribution in [0.1, 0.15) is 12.5 Å². The molecule has 1 aliphatic heterocycles. The zero-order chi connectivity index (χ0) is 12.8. The van der Waals surface area contributed by atoms with Crippen molar-refractivity contribution in [3.63, 3.8) is 0 Å². The molecular weight excluding hydrogens is 228 g/mol. The van der Waals surface area contributed by atoms with Gasteiger partial charge in [0, 0.05) is 31.9 Å². The summed E-state index contributed by atoms with van der Waals surface area (Å²) in [6, 6.07) is 5.95. The Kier molecular flexibility index (Phi) is 4.51. The Hall–Kier alpha value is -1.64. The minimum Gasteiger partial charge on any atom is -0.379 e. The number of nitrogens with zero attached hydrogens (tertiary/aromatic N) is 3. The van der Waals surface area contributed by atoms with E-state index in [-0.39, 0.29) is 6.04 Å². The molecule has 1 aromatic heterocycles. The van der Waals surface area contributed by atoms with Crippen LogP contribution in [-0.2, 0) is 4.74 Å². The number of nitriles is 1. The van der Waals surface area contributed by atoms with Gasteiger partial charge in [0.2, 0.25) is 0 Å². The normalized spacial score (nSPS) is 18.0. The zero-order valence-electron chi connectivity index (χ0n) is 10.6. The van der Waals surface area contributed by atoms with Gasteiger partial charge in [-0.1, -0.05) is 0 Å². The Morgan fingerprint density at radius 3 is 3.06 bits per heavy atom. The Morgan fingerprint density at radius 2 is 2.33 bits per heavy atom. The molecule has 2 rings (SSSR count). The molecule has 1 fully saturated rings. The summed E-state index contributed by atoms with van der Waals surface area (Å²) >= 11 is 0. The predicted octanol–water partition coefficient (Wildman–Crippen LogP) is 1.09. The molecule has 0 aliphatic carbocycles. The second-order valence-corrected chi connectivity index (χ2v) is 4.47. The summed E-state index contributed by atoms with van der Waals surface area (Å²) in [5.41, 5.74) is 0.589. The van der Waals surface area contributed by atoms with E-state index in [0.29, 0.717) is 11.4 Å². The van der Waals surface area contributed by atoms with Crippen molar-refractivity contribution in [1.29, 1.82) is 5.26 Å². The SMILES string of the molecule is CC(CN1CCOCC1)Nc1ncccc1C#N. The highest BCUT2D eigenvalue weighted by molar-refractivity contribution is 5.51. The first-order chi connectivity index (χ1) is 8.79. The molecule has 96 valence electrons. The summed E-state index contributed by atoms with van der Waals surface area (Å²) in [6.45, 7) is 6.59. The van der Waals surface area contributed by atoms with Gasteiger partial charge in [0.05, 0.1) is 18.8 Å². The van der Waals surface area contributed by atoms with Gasteiger partial charge in [-0.05, 0) is 19.1 Å². The van der Waals surface area contributed by atoms with E-state index in [2.05, 4.69) is 28.2 Å². The Labute approximate surface area is 107 Å². The molecule has 0 spiro atoms. The van der Waals surface area contributed by atoms with Gasteiger partial charge >= 0.3 is 0 Å². The Bertz CT molecular complexity index is 423. The van der Waals surface area contributed by atoms with Crippen molar-refractivity contribution in [3.05, 3.63) is 23.9 Å². The molecular formula is C13H18N4O. The summed E-state index contributed by atoms with van der Waals surface area (Å²) in [4.78, 5) is 6.56. The topological polar surface area (TPSA) is 61.2 Å². The van der Waals surface area contributed by atoms with E-state index in [1.807, 2.05) is 0 Å². The molecule has 0 aromatic carbocycles. The number of morpholine rings is 1. The van der Waals surface area contributed by atoms with Crippen LogP contribution in [0.25, 0.3) is 0 Å². The fraction of sp³-hybridized carbons (Fsp3) is 0.538. The molecule has 5 heteroatoms. The van der Waals surface area contributed by atoms with Crippen LogP contribution in [0.15, 0.2) is 18.3 Å². The molecule has 1 aliphatic rings. The van der Waals surface area contributed by atoms with Crippen molar-refractivity contribution in [2.75, 3.05) is 38.2 Å². The van der Waals surface area contributed by atoms with Crippen molar-refractivity contribution in [2.45, 2.75) is 13.0 Å². The van der Waals surface area contributed by atoms with Crippen molar-refractivity contribution >= 4 is 5.82 Å². The monoisotopic (exact) mass is 246 g/mol. The molecule has 1 N–H and O–H groups in total. The third-order valence-electron chi connectivity index (χ3n) is 2.95. The summed E-state index contributed by atoms with van der Waals surface area (Å²) in [7, 11) is 0. The lowest BCUT2D eigenvalue weighted by Crippen LogP contribution is -2.42. The smallest absolute Gasteiger partial charge is 0.144 e. The average molecular weight is 246 g/mol. The van der Waals surface area contributed by atoms with Gasteiger partial charge in [-0.3, -0.25) is 4.90 Å². The number of hydrogen-bond donors (Lipinski definition) is 1. The Balaban J connectivity index is 1.90. The van der Waals surface area contributed by atoms with Crippen LogP contribution in [0, 0.1) is 11.3 Å². The van der Waals surface area contributed by atoms with Crippen LogP contribution in [0.4, 0.5) is 5.82 Å².